The third-order valence-corrected chi connectivity index (χ3v) is 4.45. The number of ether oxygens (including phenoxy) is 1. The summed E-state index contributed by atoms with van der Waals surface area (Å²) in [5.74, 6) is -0.0911. The summed E-state index contributed by atoms with van der Waals surface area (Å²) in [7, 11) is -2.17. The van der Waals surface area contributed by atoms with Crippen molar-refractivity contribution in [3.05, 3.63) is 59.7 Å². The summed E-state index contributed by atoms with van der Waals surface area (Å²) in [6.07, 6.45) is -3.89. The Morgan fingerprint density at radius 2 is 1.79 bits per heavy atom. The number of methoxy groups -OCH3 is 1. The van der Waals surface area contributed by atoms with Crippen molar-refractivity contribution in [2.75, 3.05) is 18.7 Å². The molecule has 0 saturated carbocycles. The number of rotatable bonds is 7. The third-order valence-electron chi connectivity index (χ3n) is 3.74. The van der Waals surface area contributed by atoms with Gasteiger partial charge in [-0.05, 0) is 35.9 Å². The predicted molar refractivity (Wildman–Crippen MR) is 98.4 cm³/mol. The summed E-state index contributed by atoms with van der Waals surface area (Å²) in [6.45, 7) is 0. The molecule has 0 saturated heterocycles. The number of amides is 1. The van der Waals surface area contributed by atoms with Gasteiger partial charge in [-0.1, -0.05) is 18.2 Å². The fraction of sp³-hybridized carbons (Fsp3) is 0.278. The number of benzene rings is 2. The maximum absolute atomic E-state index is 12.8. The van der Waals surface area contributed by atoms with Crippen molar-refractivity contribution in [2.45, 2.75) is 18.6 Å². The highest BCUT2D eigenvalue weighted by Gasteiger charge is 2.30. The Morgan fingerprint density at radius 1 is 1.14 bits per heavy atom. The number of sulfonamides is 1. The van der Waals surface area contributed by atoms with E-state index >= 15 is 0 Å². The van der Waals surface area contributed by atoms with Crippen LogP contribution in [0.4, 0.5) is 18.9 Å². The number of anilines is 1. The van der Waals surface area contributed by atoms with Gasteiger partial charge in [0.2, 0.25) is 15.9 Å². The van der Waals surface area contributed by atoms with E-state index in [1.165, 1.54) is 19.2 Å². The predicted octanol–water partition coefficient (Wildman–Crippen LogP) is 3.33. The minimum atomic E-state index is -4.54. The fourth-order valence-corrected chi connectivity index (χ4v) is 3.23. The molecule has 1 amide bonds. The maximum atomic E-state index is 12.8. The van der Waals surface area contributed by atoms with Gasteiger partial charge in [0.1, 0.15) is 5.75 Å². The van der Waals surface area contributed by atoms with Crippen LogP contribution in [0.5, 0.6) is 5.75 Å². The molecule has 28 heavy (non-hydrogen) atoms. The molecule has 0 radical (unpaired) electrons. The minimum absolute atomic E-state index is 0.0346. The number of carbonyl (C=O) groups excluding carboxylic acids is 1. The summed E-state index contributed by atoms with van der Waals surface area (Å²) in [4.78, 5) is 12.3. The van der Waals surface area contributed by atoms with E-state index < -0.39 is 33.7 Å². The first kappa shape index (κ1) is 21.7. The van der Waals surface area contributed by atoms with Crippen molar-refractivity contribution in [3.63, 3.8) is 0 Å². The van der Waals surface area contributed by atoms with Crippen LogP contribution in [0.15, 0.2) is 48.5 Å². The van der Waals surface area contributed by atoms with E-state index in [1.54, 1.807) is 24.3 Å². The number of hydrogen-bond acceptors (Lipinski definition) is 4. The Labute approximate surface area is 160 Å². The third kappa shape index (κ3) is 6.54. The first-order valence-corrected chi connectivity index (χ1v) is 9.95. The van der Waals surface area contributed by atoms with Gasteiger partial charge in [-0.2, -0.15) is 13.2 Å². The van der Waals surface area contributed by atoms with Crippen LogP contribution in [-0.2, 0) is 21.0 Å². The van der Waals surface area contributed by atoms with E-state index in [9.17, 15) is 26.4 Å². The maximum Gasteiger partial charge on any atom is 0.416 e. The Balaban J connectivity index is 2.18. The molecule has 2 N–H and O–H groups in total. The first-order valence-electron chi connectivity index (χ1n) is 8.06. The molecule has 0 spiro atoms. The molecule has 10 heteroatoms. The van der Waals surface area contributed by atoms with E-state index in [-0.39, 0.29) is 12.1 Å². The van der Waals surface area contributed by atoms with Crippen molar-refractivity contribution in [1.82, 2.24) is 4.72 Å². The van der Waals surface area contributed by atoms with Gasteiger partial charge in [0, 0.05) is 12.1 Å². The van der Waals surface area contributed by atoms with Crippen LogP contribution in [0.1, 0.15) is 23.6 Å². The Kier molecular flexibility index (Phi) is 6.68. The number of halogens is 3. The molecule has 0 aliphatic rings. The van der Waals surface area contributed by atoms with Gasteiger partial charge in [-0.25, -0.2) is 13.1 Å². The van der Waals surface area contributed by atoms with Gasteiger partial charge in [0.05, 0.1) is 25.0 Å². The number of hydrogen-bond donors (Lipinski definition) is 2. The number of nitrogens with one attached hydrogen (secondary N) is 2. The van der Waals surface area contributed by atoms with Gasteiger partial charge in [-0.3, -0.25) is 4.79 Å². The van der Waals surface area contributed by atoms with Crippen LogP contribution < -0.4 is 14.8 Å². The van der Waals surface area contributed by atoms with E-state index in [0.29, 0.717) is 11.3 Å². The Morgan fingerprint density at radius 3 is 2.32 bits per heavy atom. The highest BCUT2D eigenvalue weighted by molar-refractivity contribution is 7.88. The van der Waals surface area contributed by atoms with Gasteiger partial charge in [0.25, 0.3) is 0 Å². The molecule has 0 heterocycles. The summed E-state index contributed by atoms with van der Waals surface area (Å²) < 4.78 is 69.0. The van der Waals surface area contributed by atoms with E-state index in [0.717, 1.165) is 18.4 Å². The largest absolute Gasteiger partial charge is 0.497 e. The van der Waals surface area contributed by atoms with Crippen molar-refractivity contribution in [2.24, 2.45) is 0 Å². The molecule has 0 aromatic heterocycles. The van der Waals surface area contributed by atoms with E-state index in [1.807, 2.05) is 0 Å². The van der Waals surface area contributed by atoms with Gasteiger partial charge in [-0.15, -0.1) is 0 Å². The van der Waals surface area contributed by atoms with Crippen LogP contribution >= 0.6 is 0 Å². The zero-order chi connectivity index (χ0) is 20.9. The SMILES string of the molecule is COc1ccc([C@H](CC(=O)Nc2cccc(C(F)(F)F)c2)NS(C)(=O)=O)cc1. The van der Waals surface area contributed by atoms with Crippen molar-refractivity contribution in [1.29, 1.82) is 0 Å². The van der Waals surface area contributed by atoms with E-state index in [2.05, 4.69) is 10.0 Å². The second-order valence-electron chi connectivity index (χ2n) is 6.05. The molecule has 0 bridgehead atoms. The van der Waals surface area contributed by atoms with Gasteiger partial charge in [0.15, 0.2) is 0 Å². The lowest BCUT2D eigenvalue weighted by Gasteiger charge is -2.18. The average molecular weight is 416 g/mol. The standard InChI is InChI=1S/C18H19F3N2O4S/c1-27-15-8-6-12(7-9-15)16(23-28(2,25)26)11-17(24)22-14-5-3-4-13(10-14)18(19,20)21/h3-10,16,23H,11H2,1-2H3,(H,22,24)/t16-/m0/s1. The highest BCUT2D eigenvalue weighted by Crippen LogP contribution is 2.31. The van der Waals surface area contributed by atoms with Crippen LogP contribution in [-0.4, -0.2) is 27.7 Å². The topological polar surface area (TPSA) is 84.5 Å². The van der Waals surface area contributed by atoms with Gasteiger partial charge >= 0.3 is 6.18 Å². The number of alkyl halides is 3. The molecule has 2 aromatic rings. The second-order valence-corrected chi connectivity index (χ2v) is 7.83. The summed E-state index contributed by atoms with van der Waals surface area (Å²) in [5.41, 5.74) is -0.427. The molecule has 2 rings (SSSR count). The molecule has 6 nitrogen and oxygen atoms in total. The molecule has 0 unspecified atom stereocenters. The van der Waals surface area contributed by atoms with Crippen LogP contribution in [0, 0.1) is 0 Å². The zero-order valence-electron chi connectivity index (χ0n) is 15.1. The second kappa shape index (κ2) is 8.61. The minimum Gasteiger partial charge on any atom is -0.497 e. The number of carbonyl (C=O) groups is 1. The van der Waals surface area contributed by atoms with Crippen molar-refractivity contribution in [3.8, 4) is 5.75 Å². The first-order chi connectivity index (χ1) is 13.0. The smallest absolute Gasteiger partial charge is 0.416 e. The molecule has 0 aliphatic carbocycles. The average Bonchev–Trinajstić information content (AvgIpc) is 2.59. The Bertz CT molecular complexity index is 929. The van der Waals surface area contributed by atoms with Crippen LogP contribution in [0.2, 0.25) is 0 Å². The molecule has 0 aliphatic heterocycles. The molecular weight excluding hydrogens is 397 g/mol. The monoisotopic (exact) mass is 416 g/mol. The summed E-state index contributed by atoms with van der Waals surface area (Å²) in [5, 5.41) is 2.36. The van der Waals surface area contributed by atoms with Crippen molar-refractivity contribution >= 4 is 21.6 Å². The lowest BCUT2D eigenvalue weighted by atomic mass is 10.0. The Hall–Kier alpha value is -2.59. The fourth-order valence-electron chi connectivity index (χ4n) is 2.49. The lowest BCUT2D eigenvalue weighted by molar-refractivity contribution is -0.137. The summed E-state index contributed by atoms with van der Waals surface area (Å²) >= 11 is 0. The van der Waals surface area contributed by atoms with Crippen LogP contribution in [0.3, 0.4) is 0 Å². The van der Waals surface area contributed by atoms with Crippen molar-refractivity contribution < 1.29 is 31.1 Å². The summed E-state index contributed by atoms with van der Waals surface area (Å²) in [6, 6.07) is 9.71. The van der Waals surface area contributed by atoms with Crippen LogP contribution in [0.25, 0.3) is 0 Å². The molecule has 152 valence electrons. The quantitative estimate of drug-likeness (QED) is 0.725. The highest BCUT2D eigenvalue weighted by atomic mass is 32.2. The van der Waals surface area contributed by atoms with Gasteiger partial charge < -0.3 is 10.1 Å². The molecule has 0 fully saturated rings. The zero-order valence-corrected chi connectivity index (χ0v) is 15.9. The lowest BCUT2D eigenvalue weighted by Crippen LogP contribution is -2.30. The molecule has 2 aromatic carbocycles. The molecule has 1 atom stereocenters. The normalized spacial score (nSPS) is 13.0. The van der Waals surface area contributed by atoms with E-state index in [4.69, 9.17) is 4.74 Å². The molecular formula is C18H19F3N2O4S.